The van der Waals surface area contributed by atoms with E-state index in [9.17, 15) is 9.59 Å². The summed E-state index contributed by atoms with van der Waals surface area (Å²) >= 11 is 1.42. The number of nitrogens with one attached hydrogen (secondary N) is 1. The zero-order valence-electron chi connectivity index (χ0n) is 26.6. The Labute approximate surface area is 266 Å². The van der Waals surface area contributed by atoms with E-state index >= 15 is 0 Å². The molecule has 14 heteroatoms. The first-order valence-corrected chi connectivity index (χ1v) is 16.7. The number of ether oxygens (including phenoxy) is 6. The molecular formula is C31H43N3O10S. The number of rotatable bonds is 11. The van der Waals surface area contributed by atoms with Gasteiger partial charge in [-0.25, -0.2) is 4.79 Å². The molecule has 1 aliphatic carbocycles. The van der Waals surface area contributed by atoms with Crippen molar-refractivity contribution in [2.24, 2.45) is 16.1 Å². The number of hydrogen-bond acceptors (Lipinski definition) is 13. The minimum Gasteiger partial charge on any atom is -0.493 e. The van der Waals surface area contributed by atoms with E-state index in [0.717, 1.165) is 19.3 Å². The molecular weight excluding hydrogens is 606 g/mol. The lowest BCUT2D eigenvalue weighted by Crippen LogP contribution is -2.63. The Hall–Kier alpha value is -2.49. The summed E-state index contributed by atoms with van der Waals surface area (Å²) in [5.74, 6) is -0.0774. The fourth-order valence-corrected chi connectivity index (χ4v) is 6.76. The highest BCUT2D eigenvalue weighted by Crippen LogP contribution is 2.42. The Bertz CT molecular complexity index is 1380. The van der Waals surface area contributed by atoms with Crippen LogP contribution >= 0.6 is 11.8 Å². The van der Waals surface area contributed by atoms with Gasteiger partial charge in [0.05, 0.1) is 25.3 Å². The summed E-state index contributed by atoms with van der Waals surface area (Å²) in [6.45, 7) is 12.0. The first kappa shape index (κ1) is 32.5. The lowest BCUT2D eigenvalue weighted by atomic mass is 9.97. The largest absolute Gasteiger partial charge is 0.493 e. The summed E-state index contributed by atoms with van der Waals surface area (Å²) in [5, 5.41) is 7.93. The molecule has 4 fully saturated rings. The van der Waals surface area contributed by atoms with Gasteiger partial charge in [-0.05, 0) is 59.8 Å². The average Bonchev–Trinajstić information content (AvgIpc) is 3.56. The second kappa shape index (κ2) is 13.0. The van der Waals surface area contributed by atoms with Crippen LogP contribution in [-0.4, -0.2) is 84.0 Å². The summed E-state index contributed by atoms with van der Waals surface area (Å²) in [6, 6.07) is 1.91. The average molecular weight is 650 g/mol. The summed E-state index contributed by atoms with van der Waals surface area (Å²) in [7, 11) is 0. The zero-order chi connectivity index (χ0) is 31.9. The highest BCUT2D eigenvalue weighted by molar-refractivity contribution is 8.16. The second-order valence-electron chi connectivity index (χ2n) is 13.1. The summed E-state index contributed by atoms with van der Waals surface area (Å²) in [5.41, 5.74) is -0.00356. The summed E-state index contributed by atoms with van der Waals surface area (Å²) in [6.07, 6.45) is 0.972. The quantitative estimate of drug-likeness (QED) is 0.276. The van der Waals surface area contributed by atoms with Gasteiger partial charge in [-0.1, -0.05) is 18.5 Å². The number of thioether (sulfide) groups is 1. The predicted molar refractivity (Wildman–Crippen MR) is 164 cm³/mol. The Balaban J connectivity index is 1.09. The highest BCUT2D eigenvalue weighted by Gasteiger charge is 2.59. The normalized spacial score (nSPS) is 32.7. The molecule has 0 spiro atoms. The van der Waals surface area contributed by atoms with Crippen molar-refractivity contribution in [3.05, 3.63) is 28.3 Å². The Morgan fingerprint density at radius 3 is 2.64 bits per heavy atom. The fraction of sp³-hybridized carbons (Fsp3) is 0.742. The van der Waals surface area contributed by atoms with Gasteiger partial charge in [0.2, 0.25) is 5.91 Å². The van der Waals surface area contributed by atoms with Crippen LogP contribution in [0, 0.1) is 5.92 Å². The van der Waals surface area contributed by atoms with E-state index in [0.29, 0.717) is 53.6 Å². The Morgan fingerprint density at radius 1 is 1.13 bits per heavy atom. The van der Waals surface area contributed by atoms with Crippen molar-refractivity contribution in [2.75, 3.05) is 19.0 Å². The van der Waals surface area contributed by atoms with Crippen LogP contribution in [0.1, 0.15) is 79.0 Å². The highest BCUT2D eigenvalue weighted by atomic mass is 32.2. The molecule has 1 unspecified atom stereocenters. The van der Waals surface area contributed by atoms with Crippen molar-refractivity contribution in [1.29, 1.82) is 0 Å². The number of carbonyl (C=O) groups excluding carboxylic acids is 1. The van der Waals surface area contributed by atoms with Crippen LogP contribution in [0.15, 0.2) is 31.5 Å². The smallest absolute Gasteiger partial charge is 0.339 e. The molecule has 6 rings (SSSR count). The molecule has 7 atom stereocenters. The number of hydrogen-bond donors (Lipinski definition) is 1. The molecule has 1 aromatic rings. The van der Waals surface area contributed by atoms with E-state index in [2.05, 4.69) is 15.5 Å². The van der Waals surface area contributed by atoms with Gasteiger partial charge in [-0.2, -0.15) is 0 Å². The van der Waals surface area contributed by atoms with Crippen molar-refractivity contribution in [1.82, 2.24) is 5.32 Å². The van der Waals surface area contributed by atoms with E-state index in [1.807, 2.05) is 34.6 Å². The lowest BCUT2D eigenvalue weighted by Gasteiger charge is -2.47. The first-order chi connectivity index (χ1) is 21.4. The molecule has 13 nitrogen and oxygen atoms in total. The molecule has 4 aliphatic heterocycles. The van der Waals surface area contributed by atoms with Gasteiger partial charge >= 0.3 is 5.63 Å². The molecule has 5 heterocycles. The molecule has 1 N–H and O–H groups in total. The van der Waals surface area contributed by atoms with Gasteiger partial charge in [0, 0.05) is 11.8 Å². The van der Waals surface area contributed by atoms with Crippen LogP contribution in [0.3, 0.4) is 0 Å². The van der Waals surface area contributed by atoms with Crippen LogP contribution in [0.5, 0.6) is 5.75 Å². The van der Waals surface area contributed by atoms with Gasteiger partial charge in [-0.3, -0.25) is 9.79 Å². The van der Waals surface area contributed by atoms with Crippen molar-refractivity contribution >= 4 is 28.4 Å². The predicted octanol–water partition coefficient (Wildman–Crippen LogP) is 3.69. The number of carbonyl (C=O) groups is 1. The van der Waals surface area contributed by atoms with Gasteiger partial charge in [0.15, 0.2) is 17.7 Å². The molecule has 1 saturated carbocycles. The molecule has 0 bridgehead atoms. The third-order valence-electron chi connectivity index (χ3n) is 8.19. The number of amides is 1. The van der Waals surface area contributed by atoms with Gasteiger partial charge in [0.1, 0.15) is 46.6 Å². The standard InChI is InChI=1S/C31H43N3O10S/c1-7-8-19(21-11-18(12-23(35)39-21)37-13-17-9-10-17)32-27(36)20-15-45-28(33-20)16(2)34-44-29-26-25(42-31(5,6)43-26)24-22(40-29)14-38-30(3,4)41-24/h11-12,17,19-20,22,24-26,29H,7-10,13-15H2,1-6H3,(H,32,36)/b34-16+/t19-,20?,22-,24-,25+,26+,29-/m1/s1. The summed E-state index contributed by atoms with van der Waals surface area (Å²) in [4.78, 5) is 36.1. The maximum atomic E-state index is 13.3. The van der Waals surface area contributed by atoms with Crippen molar-refractivity contribution < 1.29 is 42.5 Å². The lowest BCUT2D eigenvalue weighted by molar-refractivity contribution is -0.370. The molecule has 1 amide bonds. The van der Waals surface area contributed by atoms with Gasteiger partial charge in [0.25, 0.3) is 6.29 Å². The first-order valence-electron chi connectivity index (χ1n) is 15.7. The van der Waals surface area contributed by atoms with Gasteiger partial charge in [-0.15, -0.1) is 11.8 Å². The third-order valence-corrected chi connectivity index (χ3v) is 9.34. The molecule has 248 valence electrons. The Kier molecular flexibility index (Phi) is 9.34. The van der Waals surface area contributed by atoms with E-state index in [4.69, 9.17) is 37.7 Å². The number of aliphatic imine (C=N–C) groups is 1. The van der Waals surface area contributed by atoms with Crippen LogP contribution in [0.2, 0.25) is 0 Å². The minimum absolute atomic E-state index is 0.264. The summed E-state index contributed by atoms with van der Waals surface area (Å²) < 4.78 is 41.8. The maximum Gasteiger partial charge on any atom is 0.339 e. The van der Waals surface area contributed by atoms with E-state index in [1.165, 1.54) is 17.8 Å². The van der Waals surface area contributed by atoms with Crippen LogP contribution in [-0.2, 0) is 33.3 Å². The van der Waals surface area contributed by atoms with Crippen LogP contribution in [0.4, 0.5) is 0 Å². The number of fused-ring (bicyclic) bond motifs is 3. The zero-order valence-corrected chi connectivity index (χ0v) is 27.4. The second-order valence-corrected chi connectivity index (χ2v) is 14.1. The molecule has 45 heavy (non-hydrogen) atoms. The van der Waals surface area contributed by atoms with E-state index in [-0.39, 0.29) is 12.0 Å². The molecule has 0 aromatic carbocycles. The molecule has 1 aromatic heterocycles. The van der Waals surface area contributed by atoms with Crippen LogP contribution < -0.4 is 15.7 Å². The molecule has 3 saturated heterocycles. The minimum atomic E-state index is -0.860. The van der Waals surface area contributed by atoms with Gasteiger partial charge < -0.3 is 43.0 Å². The number of nitrogens with zero attached hydrogens (tertiary/aromatic N) is 2. The molecule has 0 radical (unpaired) electrons. The SMILES string of the molecule is CCC[C@@H](NC(=O)C1CSC(/C(C)=N/O[C@H]2O[C@@H]3COC(C)(C)O[C@H]3[C@@H]3OC(C)(C)O[C@H]23)=N1)c1cc(OCC2CC2)cc(=O)o1. The Morgan fingerprint density at radius 2 is 1.89 bits per heavy atom. The third kappa shape index (κ3) is 7.74. The fourth-order valence-electron chi connectivity index (χ4n) is 5.77. The van der Waals surface area contributed by atoms with Crippen molar-refractivity contribution in [3.63, 3.8) is 0 Å². The van der Waals surface area contributed by atoms with Crippen LogP contribution in [0.25, 0.3) is 0 Å². The number of oxime groups is 1. The van der Waals surface area contributed by atoms with E-state index < -0.39 is 53.9 Å². The maximum absolute atomic E-state index is 13.3. The van der Waals surface area contributed by atoms with Crippen molar-refractivity contribution in [3.8, 4) is 5.75 Å². The van der Waals surface area contributed by atoms with Crippen molar-refractivity contribution in [2.45, 2.75) is 122 Å². The topological polar surface area (TPSA) is 149 Å². The molecule has 5 aliphatic rings. The monoisotopic (exact) mass is 649 g/mol. The van der Waals surface area contributed by atoms with E-state index in [1.54, 1.807) is 13.0 Å².